The van der Waals surface area contributed by atoms with Crippen molar-refractivity contribution in [1.29, 1.82) is 0 Å². The van der Waals surface area contributed by atoms with Gasteiger partial charge in [0.2, 0.25) is 0 Å². The second-order valence-corrected chi connectivity index (χ2v) is 6.51. The van der Waals surface area contributed by atoms with Crippen LogP contribution in [0.25, 0.3) is 5.69 Å². The van der Waals surface area contributed by atoms with E-state index in [-0.39, 0.29) is 12.5 Å². The van der Waals surface area contributed by atoms with Crippen LogP contribution in [0.15, 0.2) is 73.1 Å². The topological polar surface area (TPSA) is 67.2 Å². The van der Waals surface area contributed by atoms with Crippen molar-refractivity contribution in [2.45, 2.75) is 31.9 Å². The molecule has 1 aromatic heterocycles. The van der Waals surface area contributed by atoms with Crippen molar-refractivity contribution < 1.29 is 9.90 Å². The van der Waals surface area contributed by atoms with Gasteiger partial charge in [-0.05, 0) is 24.6 Å². The van der Waals surface area contributed by atoms with Gasteiger partial charge in [0.15, 0.2) is 0 Å². The number of para-hydroxylation sites is 1. The molecule has 0 aliphatic rings. The Morgan fingerprint density at radius 1 is 1.15 bits per heavy atom. The molecule has 1 amide bonds. The Labute approximate surface area is 153 Å². The number of carbonyl (C=O) groups excluding carboxylic acids is 1. The van der Waals surface area contributed by atoms with Crippen LogP contribution in [0.3, 0.4) is 0 Å². The number of rotatable bonds is 6. The lowest BCUT2D eigenvalue weighted by Gasteiger charge is -2.29. The lowest BCUT2D eigenvalue weighted by Crippen LogP contribution is -2.48. The van der Waals surface area contributed by atoms with Gasteiger partial charge in [0.25, 0.3) is 5.91 Å². The van der Waals surface area contributed by atoms with Gasteiger partial charge in [0.1, 0.15) is 11.4 Å². The SMILES string of the molecule is C[C@H](c1ccccc1)[C@](C)(O)C(=O)NCc1nccn1-c1ccccc1. The summed E-state index contributed by atoms with van der Waals surface area (Å²) < 4.78 is 1.91. The van der Waals surface area contributed by atoms with Gasteiger partial charge in [-0.25, -0.2) is 4.98 Å². The summed E-state index contributed by atoms with van der Waals surface area (Å²) in [4.78, 5) is 16.9. The molecule has 134 valence electrons. The summed E-state index contributed by atoms with van der Waals surface area (Å²) in [5.41, 5.74) is 0.364. The highest BCUT2D eigenvalue weighted by Crippen LogP contribution is 2.28. The Balaban J connectivity index is 1.70. The standard InChI is InChI=1S/C21H23N3O2/c1-16(17-9-5-3-6-10-17)21(2,26)20(25)23-15-19-22-13-14-24(19)18-11-7-4-8-12-18/h3-14,16,26H,15H2,1-2H3,(H,23,25)/t16-,21+/m1/s1. The zero-order chi connectivity index (χ0) is 18.6. The summed E-state index contributed by atoms with van der Waals surface area (Å²) in [6, 6.07) is 19.3. The zero-order valence-electron chi connectivity index (χ0n) is 15.0. The van der Waals surface area contributed by atoms with E-state index in [9.17, 15) is 9.90 Å². The maximum atomic E-state index is 12.6. The second kappa shape index (κ2) is 7.54. The predicted molar refractivity (Wildman–Crippen MR) is 101 cm³/mol. The summed E-state index contributed by atoms with van der Waals surface area (Å²) in [5.74, 6) is -0.0539. The number of imidazole rings is 1. The predicted octanol–water partition coefficient (Wildman–Crippen LogP) is 3.04. The van der Waals surface area contributed by atoms with Gasteiger partial charge in [0.05, 0.1) is 6.54 Å². The summed E-state index contributed by atoms with van der Waals surface area (Å²) in [7, 11) is 0. The van der Waals surface area contributed by atoms with E-state index in [1.54, 1.807) is 13.1 Å². The van der Waals surface area contributed by atoms with E-state index >= 15 is 0 Å². The van der Waals surface area contributed by atoms with Crippen molar-refractivity contribution in [2.75, 3.05) is 0 Å². The molecule has 2 N–H and O–H groups in total. The molecule has 0 saturated heterocycles. The molecule has 2 atom stereocenters. The van der Waals surface area contributed by atoms with Crippen molar-refractivity contribution in [3.8, 4) is 5.69 Å². The summed E-state index contributed by atoms with van der Waals surface area (Å²) >= 11 is 0. The van der Waals surface area contributed by atoms with E-state index < -0.39 is 11.5 Å². The maximum absolute atomic E-state index is 12.6. The number of nitrogens with zero attached hydrogens (tertiary/aromatic N) is 2. The lowest BCUT2D eigenvalue weighted by molar-refractivity contribution is -0.140. The molecular weight excluding hydrogens is 326 g/mol. The first-order chi connectivity index (χ1) is 12.5. The first kappa shape index (κ1) is 17.9. The van der Waals surface area contributed by atoms with E-state index in [0.717, 1.165) is 11.3 Å². The van der Waals surface area contributed by atoms with Crippen LogP contribution in [-0.4, -0.2) is 26.2 Å². The Hall–Kier alpha value is -2.92. The number of nitrogens with one attached hydrogen (secondary N) is 1. The highest BCUT2D eigenvalue weighted by Gasteiger charge is 2.37. The minimum absolute atomic E-state index is 0.235. The molecule has 1 heterocycles. The number of aromatic nitrogens is 2. The molecule has 5 heteroatoms. The minimum Gasteiger partial charge on any atom is -0.380 e. The average Bonchev–Trinajstić information content (AvgIpc) is 3.15. The van der Waals surface area contributed by atoms with Gasteiger partial charge in [-0.2, -0.15) is 0 Å². The molecule has 0 aliphatic carbocycles. The fourth-order valence-electron chi connectivity index (χ4n) is 2.89. The third-order valence-corrected chi connectivity index (χ3v) is 4.76. The number of aliphatic hydroxyl groups is 1. The van der Waals surface area contributed by atoms with Crippen LogP contribution in [0.2, 0.25) is 0 Å². The van der Waals surface area contributed by atoms with Gasteiger partial charge < -0.3 is 15.0 Å². The third-order valence-electron chi connectivity index (χ3n) is 4.76. The fraction of sp³-hybridized carbons (Fsp3) is 0.238. The van der Waals surface area contributed by atoms with Crippen molar-refractivity contribution in [3.05, 3.63) is 84.4 Å². The molecule has 5 nitrogen and oxygen atoms in total. The quantitative estimate of drug-likeness (QED) is 0.719. The van der Waals surface area contributed by atoms with Crippen molar-refractivity contribution >= 4 is 5.91 Å². The molecule has 0 fully saturated rings. The number of hydrogen-bond acceptors (Lipinski definition) is 3. The van der Waals surface area contributed by atoms with Crippen LogP contribution in [-0.2, 0) is 11.3 Å². The smallest absolute Gasteiger partial charge is 0.252 e. The van der Waals surface area contributed by atoms with Crippen LogP contribution >= 0.6 is 0 Å². The van der Waals surface area contributed by atoms with Crippen LogP contribution < -0.4 is 5.32 Å². The molecule has 0 aliphatic heterocycles. The molecular formula is C21H23N3O2. The van der Waals surface area contributed by atoms with Crippen LogP contribution in [0.5, 0.6) is 0 Å². The Morgan fingerprint density at radius 2 is 1.77 bits per heavy atom. The summed E-state index contributed by atoms with van der Waals surface area (Å²) in [6.07, 6.45) is 3.54. The largest absolute Gasteiger partial charge is 0.380 e. The number of hydrogen-bond donors (Lipinski definition) is 2. The molecule has 3 rings (SSSR count). The van der Waals surface area contributed by atoms with Gasteiger partial charge >= 0.3 is 0 Å². The monoisotopic (exact) mass is 349 g/mol. The third kappa shape index (κ3) is 3.68. The van der Waals surface area contributed by atoms with Gasteiger partial charge in [-0.1, -0.05) is 55.5 Å². The van der Waals surface area contributed by atoms with Gasteiger partial charge in [-0.15, -0.1) is 0 Å². The maximum Gasteiger partial charge on any atom is 0.252 e. The zero-order valence-corrected chi connectivity index (χ0v) is 15.0. The number of benzene rings is 2. The van der Waals surface area contributed by atoms with E-state index in [4.69, 9.17) is 0 Å². The molecule has 26 heavy (non-hydrogen) atoms. The van der Waals surface area contributed by atoms with E-state index in [1.807, 2.05) is 78.4 Å². The molecule has 0 spiro atoms. The molecule has 2 aromatic carbocycles. The van der Waals surface area contributed by atoms with Crippen molar-refractivity contribution in [3.63, 3.8) is 0 Å². The highest BCUT2D eigenvalue weighted by atomic mass is 16.3. The molecule has 0 radical (unpaired) electrons. The van der Waals surface area contributed by atoms with E-state index in [0.29, 0.717) is 5.82 Å². The van der Waals surface area contributed by atoms with E-state index in [2.05, 4.69) is 10.3 Å². The molecule has 3 aromatic rings. The van der Waals surface area contributed by atoms with Crippen molar-refractivity contribution in [1.82, 2.24) is 14.9 Å². The minimum atomic E-state index is -1.52. The van der Waals surface area contributed by atoms with E-state index in [1.165, 1.54) is 0 Å². The second-order valence-electron chi connectivity index (χ2n) is 6.51. The highest BCUT2D eigenvalue weighted by molar-refractivity contribution is 5.85. The fourth-order valence-corrected chi connectivity index (χ4v) is 2.89. The van der Waals surface area contributed by atoms with Crippen LogP contribution in [0.4, 0.5) is 0 Å². The summed E-state index contributed by atoms with van der Waals surface area (Å²) in [6.45, 7) is 3.63. The van der Waals surface area contributed by atoms with Crippen LogP contribution in [0.1, 0.15) is 31.2 Å². The van der Waals surface area contributed by atoms with Gasteiger partial charge in [-0.3, -0.25) is 4.79 Å². The number of carbonyl (C=O) groups is 1. The normalized spacial score (nSPS) is 14.4. The average molecular weight is 349 g/mol. The molecule has 0 bridgehead atoms. The molecule has 0 saturated carbocycles. The lowest BCUT2D eigenvalue weighted by atomic mass is 9.84. The Kier molecular flexibility index (Phi) is 5.19. The Bertz CT molecular complexity index is 857. The molecule has 0 unspecified atom stereocenters. The first-order valence-electron chi connectivity index (χ1n) is 8.63. The van der Waals surface area contributed by atoms with Crippen molar-refractivity contribution in [2.24, 2.45) is 0 Å². The first-order valence-corrected chi connectivity index (χ1v) is 8.63. The number of amides is 1. The van der Waals surface area contributed by atoms with Crippen LogP contribution in [0, 0.1) is 0 Å². The summed E-state index contributed by atoms with van der Waals surface area (Å²) in [5, 5.41) is 13.6. The van der Waals surface area contributed by atoms with Gasteiger partial charge in [0, 0.05) is 24.0 Å². The Morgan fingerprint density at radius 3 is 2.42 bits per heavy atom.